The van der Waals surface area contributed by atoms with Gasteiger partial charge in [-0.3, -0.25) is 14.5 Å². The number of rotatable bonds is 4. The van der Waals surface area contributed by atoms with E-state index in [1.54, 1.807) is 30.3 Å². The summed E-state index contributed by atoms with van der Waals surface area (Å²) < 4.78 is 17.2. The second-order valence-electron chi connectivity index (χ2n) is 9.55. The Balaban J connectivity index is 1.50. The van der Waals surface area contributed by atoms with E-state index in [0.29, 0.717) is 42.4 Å². The molecule has 2 unspecified atom stereocenters. The molecule has 0 aromatic heterocycles. The standard InChI is InChI=1S/C30H27NO6/c1-3-18-4-6-19(7-5-18)27-26(28(32)20-8-10-23-21(15-20)14-17(2)37-23)29(33)30(34)31(27)22-9-11-24-25(16-22)36-13-12-35-24/h4-11,15-17,27,32H,3,12-14H2,1-2H3/b28-26+. The number of carbonyl (C=O) groups excluding carboxylic acids is 2. The number of aryl methyl sites for hydroxylation is 1. The van der Waals surface area contributed by atoms with Crippen molar-refractivity contribution in [2.24, 2.45) is 0 Å². The van der Waals surface area contributed by atoms with Crippen molar-refractivity contribution in [1.82, 2.24) is 0 Å². The van der Waals surface area contributed by atoms with Crippen LogP contribution in [0.2, 0.25) is 0 Å². The van der Waals surface area contributed by atoms with Gasteiger partial charge in [0.25, 0.3) is 11.7 Å². The number of hydrogen-bond donors (Lipinski definition) is 1. The number of carbonyl (C=O) groups is 2. The summed E-state index contributed by atoms with van der Waals surface area (Å²) in [4.78, 5) is 28.4. The van der Waals surface area contributed by atoms with Crippen LogP contribution in [0.4, 0.5) is 5.69 Å². The molecule has 3 heterocycles. The fourth-order valence-electron chi connectivity index (χ4n) is 5.26. The van der Waals surface area contributed by atoms with Crippen LogP contribution in [0.1, 0.15) is 42.1 Å². The minimum atomic E-state index is -0.808. The van der Waals surface area contributed by atoms with Gasteiger partial charge in [-0.1, -0.05) is 31.2 Å². The summed E-state index contributed by atoms with van der Waals surface area (Å²) in [7, 11) is 0. The lowest BCUT2D eigenvalue weighted by molar-refractivity contribution is -0.132. The molecule has 0 bridgehead atoms. The minimum Gasteiger partial charge on any atom is -0.507 e. The van der Waals surface area contributed by atoms with Gasteiger partial charge < -0.3 is 19.3 Å². The van der Waals surface area contributed by atoms with Crippen LogP contribution >= 0.6 is 0 Å². The number of Topliss-reactive ketones (excluding diaryl/α,β-unsaturated/α-hetero) is 1. The van der Waals surface area contributed by atoms with Gasteiger partial charge >= 0.3 is 0 Å². The van der Waals surface area contributed by atoms with Gasteiger partial charge in [-0.15, -0.1) is 0 Å². The Morgan fingerprint density at radius 2 is 1.68 bits per heavy atom. The van der Waals surface area contributed by atoms with Crippen molar-refractivity contribution in [3.8, 4) is 17.2 Å². The molecule has 7 nitrogen and oxygen atoms in total. The highest BCUT2D eigenvalue weighted by molar-refractivity contribution is 6.51. The predicted octanol–water partition coefficient (Wildman–Crippen LogP) is 4.97. The summed E-state index contributed by atoms with van der Waals surface area (Å²) in [6.45, 7) is 4.90. The zero-order valence-corrected chi connectivity index (χ0v) is 20.7. The van der Waals surface area contributed by atoms with E-state index in [-0.39, 0.29) is 17.4 Å². The van der Waals surface area contributed by atoms with E-state index in [9.17, 15) is 14.7 Å². The van der Waals surface area contributed by atoms with Gasteiger partial charge in [-0.25, -0.2) is 0 Å². The van der Waals surface area contributed by atoms with Gasteiger partial charge in [0.15, 0.2) is 11.5 Å². The lowest BCUT2D eigenvalue weighted by Crippen LogP contribution is -2.29. The number of aliphatic hydroxyl groups is 1. The second-order valence-corrected chi connectivity index (χ2v) is 9.55. The fraction of sp³-hybridized carbons (Fsp3) is 0.267. The molecular formula is C30H27NO6. The molecule has 37 heavy (non-hydrogen) atoms. The van der Waals surface area contributed by atoms with Gasteiger partial charge in [0.05, 0.1) is 11.6 Å². The third-order valence-electron chi connectivity index (χ3n) is 7.12. The second kappa shape index (κ2) is 9.00. The van der Waals surface area contributed by atoms with E-state index in [2.05, 4.69) is 6.92 Å². The Morgan fingerprint density at radius 1 is 0.946 bits per heavy atom. The molecule has 0 saturated carbocycles. The Labute approximate surface area is 214 Å². The van der Waals surface area contributed by atoms with Gasteiger partial charge in [0.2, 0.25) is 0 Å². The average Bonchev–Trinajstić information content (AvgIpc) is 3.43. The predicted molar refractivity (Wildman–Crippen MR) is 138 cm³/mol. The van der Waals surface area contributed by atoms with Crippen LogP contribution in [-0.4, -0.2) is 36.1 Å². The summed E-state index contributed by atoms with van der Waals surface area (Å²) >= 11 is 0. The van der Waals surface area contributed by atoms with Crippen LogP contribution in [0.5, 0.6) is 17.2 Å². The van der Waals surface area contributed by atoms with Crippen molar-refractivity contribution in [2.45, 2.75) is 38.8 Å². The van der Waals surface area contributed by atoms with Crippen molar-refractivity contribution < 1.29 is 28.9 Å². The molecule has 7 heteroatoms. The molecule has 1 fully saturated rings. The monoisotopic (exact) mass is 497 g/mol. The summed E-state index contributed by atoms with van der Waals surface area (Å²) in [6.07, 6.45) is 1.62. The number of ether oxygens (including phenoxy) is 3. The number of anilines is 1. The highest BCUT2D eigenvalue weighted by Gasteiger charge is 2.47. The zero-order valence-electron chi connectivity index (χ0n) is 20.7. The molecule has 3 aliphatic rings. The first-order valence-electron chi connectivity index (χ1n) is 12.5. The molecule has 1 amide bonds. The van der Waals surface area contributed by atoms with Crippen LogP contribution in [-0.2, 0) is 22.4 Å². The largest absolute Gasteiger partial charge is 0.507 e. The third kappa shape index (κ3) is 3.91. The molecule has 3 aromatic rings. The molecule has 6 rings (SSSR count). The maximum absolute atomic E-state index is 13.5. The highest BCUT2D eigenvalue weighted by atomic mass is 16.6. The smallest absolute Gasteiger partial charge is 0.300 e. The number of hydrogen-bond acceptors (Lipinski definition) is 6. The Morgan fingerprint density at radius 3 is 2.43 bits per heavy atom. The SMILES string of the molecule is CCc1ccc(C2/C(=C(\O)c3ccc4c(c3)CC(C)O4)C(=O)C(=O)N2c2ccc3c(c2)OCCO3)cc1. The van der Waals surface area contributed by atoms with Crippen molar-refractivity contribution in [3.05, 3.63) is 88.5 Å². The van der Waals surface area contributed by atoms with Crippen LogP contribution < -0.4 is 19.1 Å². The Kier molecular flexibility index (Phi) is 5.63. The average molecular weight is 498 g/mol. The summed E-state index contributed by atoms with van der Waals surface area (Å²) in [6, 6.07) is 17.5. The number of amides is 1. The minimum absolute atomic E-state index is 0.0465. The van der Waals surface area contributed by atoms with E-state index in [0.717, 1.165) is 28.9 Å². The highest BCUT2D eigenvalue weighted by Crippen LogP contribution is 2.45. The van der Waals surface area contributed by atoms with Crippen LogP contribution in [0.25, 0.3) is 5.76 Å². The van der Waals surface area contributed by atoms with Crippen molar-refractivity contribution in [3.63, 3.8) is 0 Å². The molecule has 188 valence electrons. The fourth-order valence-corrected chi connectivity index (χ4v) is 5.26. The Bertz CT molecular complexity index is 1440. The molecule has 3 aliphatic heterocycles. The topological polar surface area (TPSA) is 85.3 Å². The van der Waals surface area contributed by atoms with Gasteiger partial charge in [0, 0.05) is 23.7 Å². The molecule has 2 atom stereocenters. The first-order chi connectivity index (χ1) is 17.9. The number of ketones is 1. The normalized spacial score (nSPS) is 21.6. The Hall–Kier alpha value is -4.26. The van der Waals surface area contributed by atoms with E-state index in [1.807, 2.05) is 37.3 Å². The maximum atomic E-state index is 13.5. The number of nitrogens with zero attached hydrogens (tertiary/aromatic N) is 1. The van der Waals surface area contributed by atoms with E-state index in [4.69, 9.17) is 14.2 Å². The summed E-state index contributed by atoms with van der Waals surface area (Å²) in [5, 5.41) is 11.5. The number of benzene rings is 3. The van der Waals surface area contributed by atoms with E-state index < -0.39 is 17.7 Å². The van der Waals surface area contributed by atoms with Gasteiger partial charge in [-0.05, 0) is 60.4 Å². The first kappa shape index (κ1) is 23.2. The lowest BCUT2D eigenvalue weighted by Gasteiger charge is -2.27. The number of fused-ring (bicyclic) bond motifs is 2. The quantitative estimate of drug-likeness (QED) is 0.311. The maximum Gasteiger partial charge on any atom is 0.300 e. The molecule has 0 spiro atoms. The molecule has 0 aliphatic carbocycles. The van der Waals surface area contributed by atoms with Crippen LogP contribution in [0, 0.1) is 0 Å². The van der Waals surface area contributed by atoms with E-state index in [1.165, 1.54) is 4.90 Å². The molecule has 1 N–H and O–H groups in total. The van der Waals surface area contributed by atoms with Gasteiger partial charge in [-0.2, -0.15) is 0 Å². The van der Waals surface area contributed by atoms with E-state index >= 15 is 0 Å². The summed E-state index contributed by atoms with van der Waals surface area (Å²) in [5.74, 6) is 0.226. The molecule has 0 radical (unpaired) electrons. The lowest BCUT2D eigenvalue weighted by atomic mass is 9.93. The summed E-state index contributed by atoms with van der Waals surface area (Å²) in [5.41, 5.74) is 3.84. The molecule has 1 saturated heterocycles. The van der Waals surface area contributed by atoms with Gasteiger partial charge in [0.1, 0.15) is 30.8 Å². The zero-order chi connectivity index (χ0) is 25.7. The van der Waals surface area contributed by atoms with Crippen LogP contribution in [0.15, 0.2) is 66.2 Å². The van der Waals surface area contributed by atoms with Crippen molar-refractivity contribution in [2.75, 3.05) is 18.1 Å². The molecule has 3 aromatic carbocycles. The number of aliphatic hydroxyl groups excluding tert-OH is 1. The first-order valence-corrected chi connectivity index (χ1v) is 12.5. The van der Waals surface area contributed by atoms with Crippen LogP contribution in [0.3, 0.4) is 0 Å². The molecular weight excluding hydrogens is 470 g/mol. The third-order valence-corrected chi connectivity index (χ3v) is 7.12. The van der Waals surface area contributed by atoms with Crippen molar-refractivity contribution in [1.29, 1.82) is 0 Å². The van der Waals surface area contributed by atoms with Crippen molar-refractivity contribution >= 4 is 23.1 Å².